The van der Waals surface area contributed by atoms with Crippen molar-refractivity contribution >= 4 is 11.7 Å². The fourth-order valence-electron chi connectivity index (χ4n) is 2.29. The second kappa shape index (κ2) is 7.59. The molecule has 0 fully saturated rings. The lowest BCUT2D eigenvalue weighted by Crippen LogP contribution is -2.31. The van der Waals surface area contributed by atoms with E-state index in [4.69, 9.17) is 9.47 Å². The van der Waals surface area contributed by atoms with E-state index in [1.54, 1.807) is 37.4 Å². The van der Waals surface area contributed by atoms with Crippen LogP contribution in [-0.2, 0) is 0 Å². The van der Waals surface area contributed by atoms with E-state index in [9.17, 15) is 9.90 Å². The summed E-state index contributed by atoms with van der Waals surface area (Å²) in [6.07, 6.45) is 0. The Morgan fingerprint density at radius 1 is 1.12 bits per heavy atom. The second-order valence-electron chi connectivity index (χ2n) is 5.43. The molecule has 6 heteroatoms. The average Bonchev–Trinajstić information content (AvgIpc) is 2.57. The predicted octanol–water partition coefficient (Wildman–Crippen LogP) is 3.60. The Morgan fingerprint density at radius 3 is 2.50 bits per heavy atom. The molecule has 0 saturated carbocycles. The third-order valence-corrected chi connectivity index (χ3v) is 3.73. The SMILES string of the molecule is COc1ccc(NC(=O)NC(C)c2ccc(O)c(C)c2)c(OC)c1. The molecule has 0 radical (unpaired) electrons. The van der Waals surface area contributed by atoms with Gasteiger partial charge in [-0.1, -0.05) is 12.1 Å². The summed E-state index contributed by atoms with van der Waals surface area (Å²) in [7, 11) is 3.09. The molecule has 0 spiro atoms. The Hall–Kier alpha value is -2.89. The van der Waals surface area contributed by atoms with Crippen molar-refractivity contribution in [3.63, 3.8) is 0 Å². The van der Waals surface area contributed by atoms with E-state index in [-0.39, 0.29) is 17.8 Å². The first-order chi connectivity index (χ1) is 11.4. The van der Waals surface area contributed by atoms with E-state index < -0.39 is 0 Å². The number of anilines is 1. The van der Waals surface area contributed by atoms with Gasteiger partial charge in [0.05, 0.1) is 25.9 Å². The number of nitrogens with one attached hydrogen (secondary N) is 2. The van der Waals surface area contributed by atoms with E-state index >= 15 is 0 Å². The van der Waals surface area contributed by atoms with Crippen LogP contribution in [0.4, 0.5) is 10.5 Å². The second-order valence-corrected chi connectivity index (χ2v) is 5.43. The molecule has 0 aliphatic heterocycles. The van der Waals surface area contributed by atoms with Crippen molar-refractivity contribution in [2.45, 2.75) is 19.9 Å². The lowest BCUT2D eigenvalue weighted by molar-refractivity contribution is 0.249. The van der Waals surface area contributed by atoms with Crippen molar-refractivity contribution < 1.29 is 19.4 Å². The van der Waals surface area contributed by atoms with Gasteiger partial charge in [0, 0.05) is 6.07 Å². The Bertz CT molecular complexity index is 731. The molecule has 128 valence electrons. The van der Waals surface area contributed by atoms with Gasteiger partial charge in [-0.3, -0.25) is 0 Å². The number of rotatable bonds is 5. The molecule has 24 heavy (non-hydrogen) atoms. The Balaban J connectivity index is 2.06. The highest BCUT2D eigenvalue weighted by atomic mass is 16.5. The van der Waals surface area contributed by atoms with Crippen molar-refractivity contribution in [1.82, 2.24) is 5.32 Å². The summed E-state index contributed by atoms with van der Waals surface area (Å²) in [5.74, 6) is 1.39. The van der Waals surface area contributed by atoms with E-state index in [1.165, 1.54) is 7.11 Å². The van der Waals surface area contributed by atoms with Gasteiger partial charge in [0.1, 0.15) is 17.2 Å². The monoisotopic (exact) mass is 330 g/mol. The molecule has 0 saturated heterocycles. The number of urea groups is 1. The zero-order valence-corrected chi connectivity index (χ0v) is 14.2. The van der Waals surface area contributed by atoms with Crippen LogP contribution in [0.3, 0.4) is 0 Å². The highest BCUT2D eigenvalue weighted by molar-refractivity contribution is 5.91. The molecule has 2 aromatic rings. The number of aromatic hydroxyl groups is 1. The summed E-state index contributed by atoms with van der Waals surface area (Å²) >= 11 is 0. The zero-order chi connectivity index (χ0) is 17.7. The number of phenolic OH excluding ortho intramolecular Hbond substituents is 1. The number of phenols is 1. The number of hydrogen-bond donors (Lipinski definition) is 3. The molecule has 3 N–H and O–H groups in total. The molecule has 1 unspecified atom stereocenters. The van der Waals surface area contributed by atoms with Crippen LogP contribution in [0, 0.1) is 6.92 Å². The van der Waals surface area contributed by atoms with Crippen LogP contribution >= 0.6 is 0 Å². The smallest absolute Gasteiger partial charge is 0.319 e. The van der Waals surface area contributed by atoms with Gasteiger partial charge in [-0.15, -0.1) is 0 Å². The van der Waals surface area contributed by atoms with E-state index in [2.05, 4.69) is 10.6 Å². The number of benzene rings is 2. The number of amides is 2. The zero-order valence-electron chi connectivity index (χ0n) is 14.2. The summed E-state index contributed by atoms with van der Waals surface area (Å²) in [5, 5.41) is 15.2. The quantitative estimate of drug-likeness (QED) is 0.782. The normalized spacial score (nSPS) is 11.5. The third kappa shape index (κ3) is 4.10. The van der Waals surface area contributed by atoms with Crippen molar-refractivity contribution in [2.24, 2.45) is 0 Å². The molecule has 1 atom stereocenters. The Labute approximate surface area is 141 Å². The molecule has 0 aliphatic carbocycles. The molecule has 2 aromatic carbocycles. The van der Waals surface area contributed by atoms with Crippen LogP contribution in [0.15, 0.2) is 36.4 Å². The Morgan fingerprint density at radius 2 is 1.88 bits per heavy atom. The first-order valence-electron chi connectivity index (χ1n) is 7.53. The van der Waals surface area contributed by atoms with Crippen LogP contribution in [0.25, 0.3) is 0 Å². The maximum absolute atomic E-state index is 12.2. The summed E-state index contributed by atoms with van der Waals surface area (Å²) in [4.78, 5) is 12.2. The number of ether oxygens (including phenoxy) is 2. The number of carbonyl (C=O) groups excluding carboxylic acids is 1. The molecular weight excluding hydrogens is 308 g/mol. The van der Waals surface area contributed by atoms with Crippen molar-refractivity contribution in [3.8, 4) is 17.2 Å². The topological polar surface area (TPSA) is 79.8 Å². The average molecular weight is 330 g/mol. The fraction of sp³-hybridized carbons (Fsp3) is 0.278. The van der Waals surface area contributed by atoms with Crippen LogP contribution in [0.5, 0.6) is 17.2 Å². The maximum Gasteiger partial charge on any atom is 0.319 e. The van der Waals surface area contributed by atoms with Gasteiger partial charge >= 0.3 is 6.03 Å². The number of aryl methyl sites for hydroxylation is 1. The van der Waals surface area contributed by atoms with Crippen LogP contribution in [0.1, 0.15) is 24.1 Å². The van der Waals surface area contributed by atoms with Gasteiger partial charge < -0.3 is 25.2 Å². The first kappa shape index (κ1) is 17.5. The van der Waals surface area contributed by atoms with Crippen LogP contribution in [-0.4, -0.2) is 25.4 Å². The highest BCUT2D eigenvalue weighted by Gasteiger charge is 2.13. The van der Waals surface area contributed by atoms with Crippen molar-refractivity contribution in [2.75, 3.05) is 19.5 Å². The van der Waals surface area contributed by atoms with Gasteiger partial charge in [0.25, 0.3) is 0 Å². The van der Waals surface area contributed by atoms with Crippen molar-refractivity contribution in [3.05, 3.63) is 47.5 Å². The minimum Gasteiger partial charge on any atom is -0.508 e. The summed E-state index contributed by atoms with van der Waals surface area (Å²) < 4.78 is 10.4. The van der Waals surface area contributed by atoms with Crippen LogP contribution in [0.2, 0.25) is 0 Å². The minimum absolute atomic E-state index is 0.214. The van der Waals surface area contributed by atoms with E-state index in [0.717, 1.165) is 11.1 Å². The third-order valence-electron chi connectivity index (χ3n) is 3.73. The van der Waals surface area contributed by atoms with Gasteiger partial charge in [-0.2, -0.15) is 0 Å². The standard InChI is InChI=1S/C18H22N2O4/c1-11-9-13(5-8-16(11)21)12(2)19-18(22)20-15-7-6-14(23-3)10-17(15)24-4/h5-10,12,21H,1-4H3,(H2,19,20,22). The fourth-order valence-corrected chi connectivity index (χ4v) is 2.29. The van der Waals surface area contributed by atoms with Gasteiger partial charge in [0.15, 0.2) is 0 Å². The first-order valence-corrected chi connectivity index (χ1v) is 7.53. The predicted molar refractivity (Wildman–Crippen MR) is 93.0 cm³/mol. The maximum atomic E-state index is 12.2. The summed E-state index contributed by atoms with van der Waals surface area (Å²) in [6.45, 7) is 3.69. The van der Waals surface area contributed by atoms with Gasteiger partial charge in [-0.05, 0) is 43.2 Å². The largest absolute Gasteiger partial charge is 0.508 e. The Kier molecular flexibility index (Phi) is 5.52. The van der Waals surface area contributed by atoms with E-state index in [0.29, 0.717) is 17.2 Å². The molecular formula is C18H22N2O4. The highest BCUT2D eigenvalue weighted by Crippen LogP contribution is 2.29. The number of methoxy groups -OCH3 is 2. The summed E-state index contributed by atoms with van der Waals surface area (Å²) in [6, 6.07) is 9.83. The minimum atomic E-state index is -0.350. The van der Waals surface area contributed by atoms with Gasteiger partial charge in [-0.25, -0.2) is 4.79 Å². The molecule has 0 bridgehead atoms. The van der Waals surface area contributed by atoms with Gasteiger partial charge in [0.2, 0.25) is 0 Å². The number of carbonyl (C=O) groups is 1. The summed E-state index contributed by atoms with van der Waals surface area (Å²) in [5.41, 5.74) is 2.21. The molecule has 2 rings (SSSR count). The molecule has 2 amide bonds. The molecule has 0 heterocycles. The molecule has 0 aliphatic rings. The van der Waals surface area contributed by atoms with Crippen LogP contribution < -0.4 is 20.1 Å². The lowest BCUT2D eigenvalue weighted by atomic mass is 10.1. The number of hydrogen-bond acceptors (Lipinski definition) is 4. The molecule has 0 aromatic heterocycles. The molecule has 6 nitrogen and oxygen atoms in total. The van der Waals surface area contributed by atoms with Crippen molar-refractivity contribution in [1.29, 1.82) is 0 Å². The van der Waals surface area contributed by atoms with E-state index in [1.807, 2.05) is 19.9 Å². The lowest BCUT2D eigenvalue weighted by Gasteiger charge is -2.17.